The number of esters is 1. The lowest BCUT2D eigenvalue weighted by Crippen LogP contribution is -2.20. The van der Waals surface area contributed by atoms with Crippen LogP contribution in [0.4, 0.5) is 5.69 Å². The van der Waals surface area contributed by atoms with Crippen molar-refractivity contribution in [3.8, 4) is 0 Å². The fourth-order valence-electron chi connectivity index (χ4n) is 2.61. The number of nitro groups is 1. The molecule has 126 valence electrons. The quantitative estimate of drug-likeness (QED) is 0.414. The van der Waals surface area contributed by atoms with Gasteiger partial charge in [-0.2, -0.15) is 0 Å². The number of aromatic nitrogens is 1. The summed E-state index contributed by atoms with van der Waals surface area (Å²) in [7, 11) is 1.31. The average molecular weight is 338 g/mol. The molecular weight excluding hydrogens is 324 g/mol. The second kappa shape index (κ2) is 6.56. The van der Waals surface area contributed by atoms with Crippen LogP contribution < -0.4 is 5.56 Å². The van der Waals surface area contributed by atoms with Gasteiger partial charge in [0.05, 0.1) is 29.7 Å². The molecule has 0 saturated carbocycles. The van der Waals surface area contributed by atoms with Gasteiger partial charge in [0.25, 0.3) is 11.2 Å². The number of nitrogens with zero attached hydrogens (tertiary/aromatic N) is 2. The van der Waals surface area contributed by atoms with Crippen LogP contribution in [0.15, 0.2) is 59.4 Å². The van der Waals surface area contributed by atoms with Crippen LogP contribution >= 0.6 is 0 Å². The van der Waals surface area contributed by atoms with Crippen molar-refractivity contribution in [2.75, 3.05) is 7.11 Å². The van der Waals surface area contributed by atoms with Gasteiger partial charge in [-0.3, -0.25) is 14.9 Å². The van der Waals surface area contributed by atoms with E-state index in [-0.39, 0.29) is 17.8 Å². The Hall–Kier alpha value is -3.48. The van der Waals surface area contributed by atoms with Gasteiger partial charge in [0, 0.05) is 23.6 Å². The van der Waals surface area contributed by atoms with E-state index in [0.717, 1.165) is 5.56 Å². The molecule has 0 amide bonds. The van der Waals surface area contributed by atoms with Crippen molar-refractivity contribution in [2.45, 2.75) is 6.54 Å². The number of benzene rings is 2. The third-order valence-electron chi connectivity index (χ3n) is 3.90. The van der Waals surface area contributed by atoms with Gasteiger partial charge in [-0.25, -0.2) is 4.79 Å². The number of fused-ring (bicyclic) bond motifs is 1. The largest absolute Gasteiger partial charge is 0.465 e. The first-order chi connectivity index (χ1) is 12.0. The standard InChI is InChI=1S/C18H14N2O5/c1-25-18(22)13-4-2-12(3-5-13)11-19-16-8-7-15(20(23)24)10-14(16)6-9-17(19)21/h2-10H,11H2,1H3. The van der Waals surface area contributed by atoms with Crippen LogP contribution in [0.2, 0.25) is 0 Å². The first-order valence-corrected chi connectivity index (χ1v) is 7.45. The Labute approximate surface area is 142 Å². The number of ether oxygens (including phenoxy) is 1. The van der Waals surface area contributed by atoms with E-state index in [1.807, 2.05) is 0 Å². The van der Waals surface area contributed by atoms with E-state index in [2.05, 4.69) is 4.74 Å². The molecule has 0 fully saturated rings. The van der Waals surface area contributed by atoms with E-state index < -0.39 is 10.9 Å². The monoisotopic (exact) mass is 338 g/mol. The van der Waals surface area contributed by atoms with Crippen LogP contribution in [0.25, 0.3) is 10.9 Å². The van der Waals surface area contributed by atoms with E-state index in [1.54, 1.807) is 36.4 Å². The van der Waals surface area contributed by atoms with Gasteiger partial charge in [0.2, 0.25) is 0 Å². The van der Waals surface area contributed by atoms with Crippen molar-refractivity contribution in [1.29, 1.82) is 0 Å². The van der Waals surface area contributed by atoms with Gasteiger partial charge in [0.1, 0.15) is 0 Å². The van der Waals surface area contributed by atoms with Crippen molar-refractivity contribution in [1.82, 2.24) is 4.57 Å². The Balaban J connectivity index is 2.00. The maximum absolute atomic E-state index is 12.2. The first-order valence-electron chi connectivity index (χ1n) is 7.45. The molecule has 0 spiro atoms. The lowest BCUT2D eigenvalue weighted by molar-refractivity contribution is -0.384. The highest BCUT2D eigenvalue weighted by molar-refractivity contribution is 5.89. The number of carbonyl (C=O) groups is 1. The summed E-state index contributed by atoms with van der Waals surface area (Å²) in [6, 6.07) is 14.1. The van der Waals surface area contributed by atoms with E-state index >= 15 is 0 Å². The van der Waals surface area contributed by atoms with Crippen LogP contribution in [0.1, 0.15) is 15.9 Å². The van der Waals surface area contributed by atoms with Crippen LogP contribution in [0.3, 0.4) is 0 Å². The molecule has 1 heterocycles. The summed E-state index contributed by atoms with van der Waals surface area (Å²) < 4.78 is 6.19. The average Bonchev–Trinajstić information content (AvgIpc) is 2.63. The number of non-ortho nitro benzene ring substituents is 1. The van der Waals surface area contributed by atoms with E-state index in [1.165, 1.54) is 29.9 Å². The molecule has 0 aliphatic heterocycles. The minimum absolute atomic E-state index is 0.0277. The molecule has 3 aromatic rings. The Morgan fingerprint density at radius 1 is 1.12 bits per heavy atom. The van der Waals surface area contributed by atoms with Crippen LogP contribution in [0.5, 0.6) is 0 Å². The molecule has 1 aromatic heterocycles. The normalized spacial score (nSPS) is 10.6. The van der Waals surface area contributed by atoms with Crippen LogP contribution in [-0.2, 0) is 11.3 Å². The number of methoxy groups -OCH3 is 1. The molecule has 0 N–H and O–H groups in total. The number of nitro benzene ring substituents is 1. The van der Waals surface area contributed by atoms with Gasteiger partial charge in [-0.15, -0.1) is 0 Å². The lowest BCUT2D eigenvalue weighted by atomic mass is 10.1. The molecule has 0 bridgehead atoms. The van der Waals surface area contributed by atoms with Crippen molar-refractivity contribution in [2.24, 2.45) is 0 Å². The molecule has 0 atom stereocenters. The summed E-state index contributed by atoms with van der Waals surface area (Å²) in [5, 5.41) is 11.5. The number of pyridine rings is 1. The molecule has 25 heavy (non-hydrogen) atoms. The predicted octanol–water partition coefficient (Wildman–Crippen LogP) is 2.74. The zero-order valence-electron chi connectivity index (χ0n) is 13.3. The predicted molar refractivity (Wildman–Crippen MR) is 91.7 cm³/mol. The van der Waals surface area contributed by atoms with Gasteiger partial charge >= 0.3 is 5.97 Å². The lowest BCUT2D eigenvalue weighted by Gasteiger charge is -2.10. The second-order valence-electron chi connectivity index (χ2n) is 5.45. The number of carbonyl (C=O) groups excluding carboxylic acids is 1. The number of hydrogen-bond acceptors (Lipinski definition) is 5. The van der Waals surface area contributed by atoms with Gasteiger partial charge < -0.3 is 9.30 Å². The Bertz CT molecular complexity index is 1020. The van der Waals surface area contributed by atoms with E-state index in [0.29, 0.717) is 16.5 Å². The van der Waals surface area contributed by atoms with Crippen molar-refractivity contribution < 1.29 is 14.5 Å². The summed E-state index contributed by atoms with van der Waals surface area (Å²) in [6.45, 7) is 0.287. The summed E-state index contributed by atoms with van der Waals surface area (Å²) in [5.74, 6) is -0.429. The zero-order chi connectivity index (χ0) is 18.0. The van der Waals surface area contributed by atoms with Crippen LogP contribution in [0, 0.1) is 10.1 Å². The van der Waals surface area contributed by atoms with Crippen molar-refractivity contribution in [3.05, 3.63) is 86.2 Å². The van der Waals surface area contributed by atoms with Crippen molar-refractivity contribution in [3.63, 3.8) is 0 Å². The maximum Gasteiger partial charge on any atom is 0.337 e. The SMILES string of the molecule is COC(=O)c1ccc(Cn2c(=O)ccc3cc([N+](=O)[O-])ccc32)cc1. The summed E-state index contributed by atoms with van der Waals surface area (Å²) in [6.07, 6.45) is 0. The molecule has 0 unspecified atom stereocenters. The minimum Gasteiger partial charge on any atom is -0.465 e. The number of hydrogen-bond donors (Lipinski definition) is 0. The third kappa shape index (κ3) is 3.25. The van der Waals surface area contributed by atoms with Gasteiger partial charge in [-0.05, 0) is 29.8 Å². The second-order valence-corrected chi connectivity index (χ2v) is 5.45. The summed E-state index contributed by atoms with van der Waals surface area (Å²) >= 11 is 0. The highest BCUT2D eigenvalue weighted by Crippen LogP contribution is 2.20. The molecular formula is C18H14N2O5. The fraction of sp³-hybridized carbons (Fsp3) is 0.111. The third-order valence-corrected chi connectivity index (χ3v) is 3.90. The van der Waals surface area contributed by atoms with Gasteiger partial charge in [0.15, 0.2) is 0 Å². The summed E-state index contributed by atoms with van der Waals surface area (Å²) in [4.78, 5) is 34.1. The minimum atomic E-state index is -0.472. The van der Waals surface area contributed by atoms with E-state index in [4.69, 9.17) is 0 Å². The number of rotatable bonds is 4. The van der Waals surface area contributed by atoms with Gasteiger partial charge in [-0.1, -0.05) is 12.1 Å². The van der Waals surface area contributed by atoms with Crippen molar-refractivity contribution >= 4 is 22.6 Å². The topological polar surface area (TPSA) is 91.4 Å². The highest BCUT2D eigenvalue weighted by Gasteiger charge is 2.10. The highest BCUT2D eigenvalue weighted by atomic mass is 16.6. The molecule has 0 aliphatic rings. The van der Waals surface area contributed by atoms with Crippen LogP contribution in [-0.4, -0.2) is 22.6 Å². The molecule has 3 rings (SSSR count). The molecule has 2 aromatic carbocycles. The van der Waals surface area contributed by atoms with E-state index in [9.17, 15) is 19.7 Å². The Morgan fingerprint density at radius 2 is 1.84 bits per heavy atom. The maximum atomic E-state index is 12.2. The Morgan fingerprint density at radius 3 is 2.48 bits per heavy atom. The molecule has 0 aliphatic carbocycles. The molecule has 0 saturated heterocycles. The molecule has 7 nitrogen and oxygen atoms in total. The zero-order valence-corrected chi connectivity index (χ0v) is 13.3. The smallest absolute Gasteiger partial charge is 0.337 e. The summed E-state index contributed by atoms with van der Waals surface area (Å²) in [5.41, 5.74) is 1.61. The Kier molecular flexibility index (Phi) is 4.30. The molecule has 7 heteroatoms. The fourth-order valence-corrected chi connectivity index (χ4v) is 2.61. The first kappa shape index (κ1) is 16.4. The molecule has 0 radical (unpaired) electrons.